The Balaban J connectivity index is 1.90. The minimum Gasteiger partial charge on any atom is -0.394 e. The monoisotopic (exact) mass is 511 g/mol. The van der Waals surface area contributed by atoms with Crippen LogP contribution in [0.3, 0.4) is 0 Å². The lowest BCUT2D eigenvalue weighted by Gasteiger charge is -2.43. The molecule has 1 aliphatic rings. The smallest absolute Gasteiger partial charge is 0.394 e. The predicted octanol–water partition coefficient (Wildman–Crippen LogP) is 3.55. The van der Waals surface area contributed by atoms with Gasteiger partial charge in [-0.1, -0.05) is 6.92 Å². The number of aryl methyl sites for hydroxylation is 1. The van der Waals surface area contributed by atoms with Crippen molar-refractivity contribution in [1.29, 1.82) is 0 Å². The largest absolute Gasteiger partial charge is 0.434 e. The highest BCUT2D eigenvalue weighted by Crippen LogP contribution is 2.35. The van der Waals surface area contributed by atoms with Crippen molar-refractivity contribution in [1.82, 2.24) is 19.9 Å². The molecule has 1 aliphatic heterocycles. The van der Waals surface area contributed by atoms with Gasteiger partial charge in [-0.15, -0.1) is 0 Å². The van der Waals surface area contributed by atoms with Crippen LogP contribution in [0, 0.1) is 12.8 Å². The van der Waals surface area contributed by atoms with E-state index < -0.39 is 48.6 Å². The first-order chi connectivity index (χ1) is 16.8. The molecule has 13 heteroatoms. The van der Waals surface area contributed by atoms with E-state index in [1.807, 2.05) is 6.92 Å². The number of halogens is 5. The van der Waals surface area contributed by atoms with Crippen LogP contribution in [-0.2, 0) is 11.0 Å². The van der Waals surface area contributed by atoms with E-state index in [2.05, 4.69) is 25.3 Å². The van der Waals surface area contributed by atoms with Gasteiger partial charge in [0.2, 0.25) is 0 Å². The van der Waals surface area contributed by atoms with Gasteiger partial charge < -0.3 is 16.0 Å². The summed E-state index contributed by atoms with van der Waals surface area (Å²) < 4.78 is 67.2. The number of aliphatic imine (C=N–C) groups is 1. The van der Waals surface area contributed by atoms with Crippen LogP contribution in [0.2, 0.25) is 0 Å². The zero-order valence-corrected chi connectivity index (χ0v) is 19.9. The Labute approximate surface area is 204 Å². The summed E-state index contributed by atoms with van der Waals surface area (Å²) in [6.07, 6.45) is -0.797. The first kappa shape index (κ1) is 27.0. The van der Waals surface area contributed by atoms with Crippen molar-refractivity contribution in [2.24, 2.45) is 16.6 Å². The van der Waals surface area contributed by atoms with Crippen LogP contribution < -0.4 is 11.1 Å². The van der Waals surface area contributed by atoms with Crippen molar-refractivity contribution in [3.63, 3.8) is 0 Å². The van der Waals surface area contributed by atoms with E-state index in [0.29, 0.717) is 11.9 Å². The van der Waals surface area contributed by atoms with E-state index in [1.165, 1.54) is 19.5 Å². The minimum absolute atomic E-state index is 0.00575. The number of amides is 1. The Morgan fingerprint density at radius 3 is 2.61 bits per heavy atom. The second-order valence-electron chi connectivity index (χ2n) is 8.64. The van der Waals surface area contributed by atoms with Crippen LogP contribution in [0.25, 0.3) is 5.57 Å². The molecule has 0 radical (unpaired) electrons. The molecule has 1 amide bonds. The molecule has 0 aromatic carbocycles. The summed E-state index contributed by atoms with van der Waals surface area (Å²) in [7, 11) is 1.47. The number of carbonyl (C=O) groups excluding carboxylic acids is 1. The average Bonchev–Trinajstić information content (AvgIpc) is 2.80. The zero-order valence-electron chi connectivity index (χ0n) is 19.9. The van der Waals surface area contributed by atoms with Crippen molar-refractivity contribution in [2.45, 2.75) is 38.4 Å². The SMILES string of the molecule is CN=CC(=C(N)C(=O)N1CC(F)(F)CC(C)C1CNc1cnc(C(F)(F)F)cn1)c1cc(C)ccn1. The molecule has 3 N–H and O–H groups in total. The number of rotatable bonds is 6. The number of likely N-dealkylation sites (tertiary alicyclic amines) is 1. The summed E-state index contributed by atoms with van der Waals surface area (Å²) in [5.41, 5.74) is 6.11. The quantitative estimate of drug-likeness (QED) is 0.349. The van der Waals surface area contributed by atoms with Gasteiger partial charge in [0.25, 0.3) is 11.8 Å². The fourth-order valence-electron chi connectivity index (χ4n) is 4.01. The van der Waals surface area contributed by atoms with Gasteiger partial charge in [0, 0.05) is 38.0 Å². The number of piperidine rings is 1. The molecular weight excluding hydrogens is 485 g/mol. The number of allylic oxidation sites excluding steroid dienone is 1. The van der Waals surface area contributed by atoms with Gasteiger partial charge >= 0.3 is 6.18 Å². The molecule has 0 bridgehead atoms. The molecule has 1 saturated heterocycles. The topological polar surface area (TPSA) is 109 Å². The predicted molar refractivity (Wildman–Crippen MR) is 124 cm³/mol. The first-order valence-corrected chi connectivity index (χ1v) is 11.0. The number of nitrogens with one attached hydrogen (secondary N) is 1. The summed E-state index contributed by atoms with van der Waals surface area (Å²) in [4.78, 5) is 29.5. The van der Waals surface area contributed by atoms with E-state index in [1.54, 1.807) is 19.1 Å². The highest BCUT2D eigenvalue weighted by atomic mass is 19.4. The number of alkyl halides is 5. The van der Waals surface area contributed by atoms with Crippen molar-refractivity contribution in [2.75, 3.05) is 25.5 Å². The van der Waals surface area contributed by atoms with Crippen LogP contribution in [0.15, 0.2) is 41.4 Å². The second kappa shape index (κ2) is 10.5. The molecule has 1 fully saturated rings. The Morgan fingerprint density at radius 2 is 2.03 bits per heavy atom. The number of hydrogen-bond donors (Lipinski definition) is 2. The van der Waals surface area contributed by atoms with E-state index >= 15 is 0 Å². The zero-order chi connectivity index (χ0) is 26.7. The van der Waals surface area contributed by atoms with E-state index in [4.69, 9.17) is 5.73 Å². The summed E-state index contributed by atoms with van der Waals surface area (Å²) in [5.74, 6) is -4.64. The van der Waals surface area contributed by atoms with Crippen molar-refractivity contribution >= 4 is 23.5 Å². The van der Waals surface area contributed by atoms with Crippen LogP contribution in [0.4, 0.5) is 27.8 Å². The molecule has 3 rings (SSSR count). The number of nitrogens with zero attached hydrogens (tertiary/aromatic N) is 5. The van der Waals surface area contributed by atoms with Gasteiger partial charge in [-0.2, -0.15) is 13.2 Å². The lowest BCUT2D eigenvalue weighted by molar-refractivity contribution is -0.148. The molecule has 3 heterocycles. The Morgan fingerprint density at radius 1 is 1.31 bits per heavy atom. The van der Waals surface area contributed by atoms with Gasteiger partial charge in [-0.3, -0.25) is 14.8 Å². The van der Waals surface area contributed by atoms with Gasteiger partial charge in [0.1, 0.15) is 11.5 Å². The third kappa shape index (κ3) is 6.32. The third-order valence-corrected chi connectivity index (χ3v) is 5.75. The van der Waals surface area contributed by atoms with Crippen LogP contribution in [0.1, 0.15) is 30.3 Å². The molecule has 0 saturated carbocycles. The molecule has 0 aliphatic carbocycles. The fourth-order valence-corrected chi connectivity index (χ4v) is 4.01. The average molecular weight is 511 g/mol. The maximum absolute atomic E-state index is 14.5. The molecule has 2 aromatic heterocycles. The lowest BCUT2D eigenvalue weighted by atomic mass is 9.88. The van der Waals surface area contributed by atoms with Crippen LogP contribution in [-0.4, -0.2) is 64.1 Å². The van der Waals surface area contributed by atoms with Crippen molar-refractivity contribution in [3.8, 4) is 0 Å². The summed E-state index contributed by atoms with van der Waals surface area (Å²) in [6, 6.07) is 2.68. The van der Waals surface area contributed by atoms with Crippen molar-refractivity contribution < 1.29 is 26.7 Å². The highest BCUT2D eigenvalue weighted by Gasteiger charge is 2.46. The molecule has 2 unspecified atom stereocenters. The van der Waals surface area contributed by atoms with E-state index in [9.17, 15) is 26.7 Å². The molecule has 36 heavy (non-hydrogen) atoms. The molecular formula is C23H26F5N7O. The molecule has 8 nitrogen and oxygen atoms in total. The van der Waals surface area contributed by atoms with Crippen molar-refractivity contribution in [3.05, 3.63) is 53.4 Å². The van der Waals surface area contributed by atoms with Gasteiger partial charge in [-0.25, -0.2) is 18.7 Å². The Kier molecular flexibility index (Phi) is 7.89. The molecule has 194 valence electrons. The van der Waals surface area contributed by atoms with Gasteiger partial charge in [0.05, 0.1) is 30.7 Å². The maximum atomic E-state index is 14.5. The number of carbonyl (C=O) groups is 1. The number of pyridine rings is 1. The number of hydrogen-bond acceptors (Lipinski definition) is 7. The standard InChI is InChI=1S/C23H26F5N7O/c1-13-4-5-31-16(6-13)15(8-30-3)20(29)21(36)35-12-22(24,25)7-14(2)17(35)9-33-19-11-32-18(10-34-19)23(26,27)28/h4-6,8,10-11,14,17H,7,9,12,29H2,1-3H3,(H,33,34). The number of nitrogens with two attached hydrogens (primary N) is 1. The Hall–Kier alpha value is -3.64. The minimum atomic E-state index is -4.65. The van der Waals surface area contributed by atoms with Gasteiger partial charge in [0.15, 0.2) is 5.69 Å². The summed E-state index contributed by atoms with van der Waals surface area (Å²) in [6.45, 7) is 2.45. The fraction of sp³-hybridized carbons (Fsp3) is 0.435. The highest BCUT2D eigenvalue weighted by molar-refractivity contribution is 6.18. The van der Waals surface area contributed by atoms with Gasteiger partial charge in [-0.05, 0) is 30.5 Å². The van der Waals surface area contributed by atoms with E-state index in [-0.39, 0.29) is 23.6 Å². The Bertz CT molecular complexity index is 1150. The lowest BCUT2D eigenvalue weighted by Crippen LogP contribution is -2.58. The maximum Gasteiger partial charge on any atom is 0.434 e. The normalized spacial score (nSPS) is 20.8. The van der Waals surface area contributed by atoms with E-state index in [0.717, 1.165) is 16.7 Å². The molecule has 0 spiro atoms. The number of anilines is 1. The first-order valence-electron chi connectivity index (χ1n) is 11.0. The summed E-state index contributed by atoms with van der Waals surface area (Å²) >= 11 is 0. The number of aromatic nitrogens is 3. The third-order valence-electron chi connectivity index (χ3n) is 5.75. The van der Waals surface area contributed by atoms with Crippen LogP contribution >= 0.6 is 0 Å². The molecule has 2 aromatic rings. The van der Waals surface area contributed by atoms with Crippen LogP contribution in [0.5, 0.6) is 0 Å². The molecule has 2 atom stereocenters. The summed E-state index contributed by atoms with van der Waals surface area (Å²) in [5, 5.41) is 2.79. The second-order valence-corrected chi connectivity index (χ2v) is 8.64.